The van der Waals surface area contributed by atoms with E-state index >= 15 is 0 Å². The Kier molecular flexibility index (Phi) is 7.31. The summed E-state index contributed by atoms with van der Waals surface area (Å²) in [5.74, 6) is 1.91. The van der Waals surface area contributed by atoms with Crippen LogP contribution in [0, 0.1) is 0 Å². The lowest BCUT2D eigenvalue weighted by Gasteiger charge is -2.30. The van der Waals surface area contributed by atoms with Gasteiger partial charge >= 0.3 is 0 Å². The van der Waals surface area contributed by atoms with Gasteiger partial charge in [-0.2, -0.15) is 0 Å². The maximum atomic E-state index is 13.8. The molecule has 4 aromatic heterocycles. The van der Waals surface area contributed by atoms with Crippen LogP contribution in [0.3, 0.4) is 0 Å². The first-order valence-electron chi connectivity index (χ1n) is 13.0. The van der Waals surface area contributed by atoms with E-state index in [1.54, 1.807) is 17.2 Å². The number of H-pyrrole nitrogens is 1. The Balaban J connectivity index is 1.54. The van der Waals surface area contributed by atoms with Crippen molar-refractivity contribution in [1.29, 1.82) is 0 Å². The molecule has 2 aromatic carbocycles. The van der Waals surface area contributed by atoms with Gasteiger partial charge in [0.1, 0.15) is 24.1 Å². The van der Waals surface area contributed by atoms with Gasteiger partial charge in [0.2, 0.25) is 0 Å². The maximum absolute atomic E-state index is 13.8. The molecule has 1 atom stereocenters. The van der Waals surface area contributed by atoms with Gasteiger partial charge in [0.05, 0.1) is 19.1 Å². The second-order valence-corrected chi connectivity index (χ2v) is 9.99. The van der Waals surface area contributed by atoms with Crippen LogP contribution in [0.1, 0.15) is 47.0 Å². The zero-order valence-corrected chi connectivity index (χ0v) is 22.6. The van der Waals surface area contributed by atoms with Crippen LogP contribution >= 0.6 is 11.6 Å². The summed E-state index contributed by atoms with van der Waals surface area (Å²) in [6.07, 6.45) is 4.12. The van der Waals surface area contributed by atoms with Crippen LogP contribution in [0.25, 0.3) is 10.9 Å². The number of nitrogens with zero attached hydrogens (tertiary/aromatic N) is 5. The molecule has 202 valence electrons. The molecule has 9 nitrogen and oxygen atoms in total. The number of aromatic nitrogens is 5. The van der Waals surface area contributed by atoms with E-state index in [0.717, 1.165) is 28.6 Å². The number of aromatic amines is 1. The number of fused-ring (bicyclic) bond motifs is 1. The van der Waals surface area contributed by atoms with Crippen molar-refractivity contribution in [3.8, 4) is 0 Å². The average molecular weight is 555 g/mol. The number of rotatable bonds is 10. The molecular weight excluding hydrogens is 528 g/mol. The minimum atomic E-state index is -0.648. The molecule has 0 aliphatic rings. The first-order valence-corrected chi connectivity index (χ1v) is 13.4. The molecule has 0 bridgehead atoms. The zero-order chi connectivity index (χ0) is 27.5. The quantitative estimate of drug-likeness (QED) is 0.229. The molecule has 0 saturated heterocycles. The normalized spacial score (nSPS) is 12.4. The van der Waals surface area contributed by atoms with E-state index in [9.17, 15) is 4.79 Å². The van der Waals surface area contributed by atoms with Crippen molar-refractivity contribution in [3.05, 3.63) is 135 Å². The molecule has 0 fully saturated rings. The van der Waals surface area contributed by atoms with Gasteiger partial charge in [-0.25, -0.2) is 4.68 Å². The Hall–Kier alpha value is -4.47. The average Bonchev–Trinajstić information content (AvgIpc) is 3.75. The number of hydrogen-bond donors (Lipinski definition) is 1. The van der Waals surface area contributed by atoms with Gasteiger partial charge in [0, 0.05) is 22.6 Å². The number of halogens is 1. The molecule has 0 saturated carbocycles. The Morgan fingerprint density at radius 3 is 2.52 bits per heavy atom. The second-order valence-electron chi connectivity index (χ2n) is 9.58. The number of pyridine rings is 1. The van der Waals surface area contributed by atoms with Gasteiger partial charge in [-0.3, -0.25) is 9.69 Å². The summed E-state index contributed by atoms with van der Waals surface area (Å²) in [5, 5.41) is 14.3. The third kappa shape index (κ3) is 5.34. The van der Waals surface area contributed by atoms with E-state index in [2.05, 4.69) is 38.4 Å². The standard InChI is InChI=1S/C30H27ClN6O3/c1-2-20-11-12-27-22(15-20)16-25(30(38)32-27)28(29-33-34-35-37(29)19-24-9-6-14-40-24)36(18-23-8-5-13-39-23)17-21-7-3-4-10-26(21)31/h3-16,28H,2,17-19H2,1H3,(H,32,38)/t28-/m1/s1. The van der Waals surface area contributed by atoms with Crippen molar-refractivity contribution in [3.63, 3.8) is 0 Å². The third-order valence-electron chi connectivity index (χ3n) is 6.97. The fourth-order valence-corrected chi connectivity index (χ4v) is 5.15. The lowest BCUT2D eigenvalue weighted by atomic mass is 10.0. The van der Waals surface area contributed by atoms with E-state index in [1.165, 1.54) is 5.56 Å². The highest BCUT2D eigenvalue weighted by molar-refractivity contribution is 6.31. The summed E-state index contributed by atoms with van der Waals surface area (Å²) in [6.45, 7) is 3.19. The highest BCUT2D eigenvalue weighted by atomic mass is 35.5. The fourth-order valence-electron chi connectivity index (χ4n) is 4.95. The minimum absolute atomic E-state index is 0.224. The summed E-state index contributed by atoms with van der Waals surface area (Å²) in [7, 11) is 0. The van der Waals surface area contributed by atoms with Gasteiger partial charge in [-0.15, -0.1) is 5.10 Å². The number of benzene rings is 2. The highest BCUT2D eigenvalue weighted by Gasteiger charge is 2.32. The predicted molar refractivity (Wildman–Crippen MR) is 151 cm³/mol. The molecule has 0 aliphatic heterocycles. The highest BCUT2D eigenvalue weighted by Crippen LogP contribution is 2.32. The lowest BCUT2D eigenvalue weighted by Crippen LogP contribution is -2.35. The van der Waals surface area contributed by atoms with E-state index < -0.39 is 6.04 Å². The van der Waals surface area contributed by atoms with Gasteiger partial charge in [0.15, 0.2) is 5.82 Å². The smallest absolute Gasteiger partial charge is 0.253 e. The van der Waals surface area contributed by atoms with Crippen LogP contribution in [0.5, 0.6) is 0 Å². The summed E-state index contributed by atoms with van der Waals surface area (Å²) < 4.78 is 13.0. The van der Waals surface area contributed by atoms with Crippen molar-refractivity contribution in [1.82, 2.24) is 30.1 Å². The molecule has 6 aromatic rings. The van der Waals surface area contributed by atoms with Crippen molar-refractivity contribution >= 4 is 22.5 Å². The Labute approximate surface area is 235 Å². The third-order valence-corrected chi connectivity index (χ3v) is 7.33. The van der Waals surface area contributed by atoms with Crippen LogP contribution in [-0.4, -0.2) is 30.1 Å². The van der Waals surface area contributed by atoms with E-state index in [4.69, 9.17) is 20.4 Å². The Bertz CT molecular complexity index is 1780. The van der Waals surface area contributed by atoms with Crippen molar-refractivity contribution < 1.29 is 8.83 Å². The summed E-state index contributed by atoms with van der Waals surface area (Å²) >= 11 is 6.62. The van der Waals surface area contributed by atoms with Crippen LogP contribution in [0.15, 0.2) is 99.0 Å². The monoisotopic (exact) mass is 554 g/mol. The lowest BCUT2D eigenvalue weighted by molar-refractivity contribution is 0.179. The zero-order valence-electron chi connectivity index (χ0n) is 21.8. The van der Waals surface area contributed by atoms with Crippen LogP contribution in [0.2, 0.25) is 5.02 Å². The van der Waals surface area contributed by atoms with E-state index in [1.807, 2.05) is 66.7 Å². The summed E-state index contributed by atoms with van der Waals surface area (Å²) in [5.41, 5.74) is 3.13. The number of nitrogens with one attached hydrogen (secondary N) is 1. The molecule has 0 unspecified atom stereocenters. The molecule has 0 aliphatic carbocycles. The molecule has 1 N–H and O–H groups in total. The number of aryl methyl sites for hydroxylation is 1. The fraction of sp³-hybridized carbons (Fsp3) is 0.200. The molecule has 4 heterocycles. The SMILES string of the molecule is CCc1ccc2[nH]c(=O)c([C@H](c3nnnn3Cc3ccco3)N(Cc3ccco3)Cc3ccccc3Cl)cc2c1. The first kappa shape index (κ1) is 25.8. The second kappa shape index (κ2) is 11.3. The van der Waals surface area contributed by atoms with Crippen LogP contribution < -0.4 is 5.56 Å². The van der Waals surface area contributed by atoms with Crippen LogP contribution in [0.4, 0.5) is 0 Å². The topological polar surface area (TPSA) is 106 Å². The summed E-state index contributed by atoms with van der Waals surface area (Å²) in [6, 6.07) is 22.4. The Morgan fingerprint density at radius 1 is 0.975 bits per heavy atom. The maximum Gasteiger partial charge on any atom is 0.253 e. The first-order chi connectivity index (χ1) is 19.6. The van der Waals surface area contributed by atoms with Gasteiger partial charge in [0.25, 0.3) is 5.56 Å². The van der Waals surface area contributed by atoms with Crippen LogP contribution in [-0.2, 0) is 26.1 Å². The summed E-state index contributed by atoms with van der Waals surface area (Å²) in [4.78, 5) is 18.9. The number of tetrazole rings is 1. The van der Waals surface area contributed by atoms with Crippen molar-refractivity contribution in [2.45, 2.75) is 39.0 Å². The predicted octanol–water partition coefficient (Wildman–Crippen LogP) is 5.76. The number of hydrogen-bond acceptors (Lipinski definition) is 7. The largest absolute Gasteiger partial charge is 0.468 e. The molecular formula is C30H27ClN6O3. The Morgan fingerprint density at radius 2 is 1.77 bits per heavy atom. The molecule has 6 rings (SSSR count). The molecule has 0 radical (unpaired) electrons. The minimum Gasteiger partial charge on any atom is -0.468 e. The van der Waals surface area contributed by atoms with Gasteiger partial charge in [-0.05, 0) is 81.9 Å². The molecule has 40 heavy (non-hydrogen) atoms. The van der Waals surface area contributed by atoms with Gasteiger partial charge < -0.3 is 13.8 Å². The molecule has 0 spiro atoms. The van der Waals surface area contributed by atoms with E-state index in [0.29, 0.717) is 41.8 Å². The molecule has 10 heteroatoms. The van der Waals surface area contributed by atoms with Crippen molar-refractivity contribution in [2.24, 2.45) is 0 Å². The molecule has 0 amide bonds. The van der Waals surface area contributed by atoms with Gasteiger partial charge in [-0.1, -0.05) is 42.8 Å². The van der Waals surface area contributed by atoms with E-state index in [-0.39, 0.29) is 5.56 Å². The number of furan rings is 2. The van der Waals surface area contributed by atoms with Crippen molar-refractivity contribution in [2.75, 3.05) is 0 Å².